The Kier molecular flexibility index (Phi) is 4.63. The first-order chi connectivity index (χ1) is 7.24. The maximum Gasteiger partial charge on any atom is 0.280 e. The van der Waals surface area contributed by atoms with Crippen LogP contribution in [0.1, 0.15) is 19.4 Å². The molecule has 0 aliphatic carbocycles. The van der Waals surface area contributed by atoms with Crippen LogP contribution in [0.5, 0.6) is 5.75 Å². The van der Waals surface area contributed by atoms with Crippen LogP contribution in [0.4, 0.5) is 0 Å². The molecule has 0 atom stereocenters. The van der Waals surface area contributed by atoms with Crippen LogP contribution in [0, 0.1) is 0 Å². The molecule has 0 heterocycles. The molecule has 0 spiro atoms. The Morgan fingerprint density at radius 2 is 1.87 bits per heavy atom. The monoisotopic (exact) mass is 226 g/mol. The lowest BCUT2D eigenvalue weighted by Crippen LogP contribution is -2.18. The van der Waals surface area contributed by atoms with Gasteiger partial charge in [-0.05, 0) is 37.6 Å². The second kappa shape index (κ2) is 5.76. The van der Waals surface area contributed by atoms with Gasteiger partial charge in [-0.25, -0.2) is 4.58 Å². The number of halogens is 1. The summed E-state index contributed by atoms with van der Waals surface area (Å²) < 4.78 is 7.37. The first-order valence-corrected chi connectivity index (χ1v) is 5.53. The van der Waals surface area contributed by atoms with E-state index in [0.717, 1.165) is 29.6 Å². The molecular weight excluding hydrogens is 210 g/mol. The average molecular weight is 227 g/mol. The highest BCUT2D eigenvalue weighted by atomic mass is 35.5. The molecule has 2 nitrogen and oxygen atoms in total. The molecule has 1 rings (SSSR count). The molecule has 0 aromatic heterocycles. The zero-order chi connectivity index (χ0) is 11.3. The van der Waals surface area contributed by atoms with E-state index in [1.807, 2.05) is 24.3 Å². The quantitative estimate of drug-likeness (QED) is 0.568. The van der Waals surface area contributed by atoms with Crippen LogP contribution >= 0.6 is 11.6 Å². The van der Waals surface area contributed by atoms with E-state index >= 15 is 0 Å². The molecule has 82 valence electrons. The second-order valence-corrected chi connectivity index (χ2v) is 3.52. The molecule has 0 radical (unpaired) electrons. The number of hydrogen-bond donors (Lipinski definition) is 0. The van der Waals surface area contributed by atoms with Crippen molar-refractivity contribution in [1.29, 1.82) is 0 Å². The van der Waals surface area contributed by atoms with E-state index in [-0.39, 0.29) is 0 Å². The van der Waals surface area contributed by atoms with Crippen molar-refractivity contribution in [2.75, 3.05) is 20.2 Å². The molecule has 0 saturated carbocycles. The van der Waals surface area contributed by atoms with Crippen molar-refractivity contribution >= 4 is 16.8 Å². The van der Waals surface area contributed by atoms with Gasteiger partial charge >= 0.3 is 0 Å². The summed E-state index contributed by atoms with van der Waals surface area (Å²) in [4.78, 5) is 0. The van der Waals surface area contributed by atoms with Crippen LogP contribution in [0.2, 0.25) is 0 Å². The molecule has 15 heavy (non-hydrogen) atoms. The highest BCUT2D eigenvalue weighted by Gasteiger charge is 2.15. The third-order valence-corrected chi connectivity index (χ3v) is 2.81. The summed E-state index contributed by atoms with van der Waals surface area (Å²) in [5.74, 6) is 0.814. The normalized spacial score (nSPS) is 9.87. The van der Waals surface area contributed by atoms with Gasteiger partial charge in [0.05, 0.1) is 7.11 Å². The zero-order valence-electron chi connectivity index (χ0n) is 9.46. The van der Waals surface area contributed by atoms with Gasteiger partial charge in [0, 0.05) is 0 Å². The first-order valence-electron chi connectivity index (χ1n) is 5.15. The lowest BCUT2D eigenvalue weighted by Gasteiger charge is -2.06. The smallest absolute Gasteiger partial charge is 0.280 e. The van der Waals surface area contributed by atoms with E-state index in [0.29, 0.717) is 0 Å². The Bertz CT molecular complexity index is 354. The number of nitrogens with zero attached hydrogens (tertiary/aromatic N) is 1. The third kappa shape index (κ3) is 2.72. The second-order valence-electron chi connectivity index (χ2n) is 3.16. The van der Waals surface area contributed by atoms with Gasteiger partial charge in [-0.15, -0.1) is 0 Å². The lowest BCUT2D eigenvalue weighted by molar-refractivity contribution is -0.517. The first kappa shape index (κ1) is 12.1. The van der Waals surface area contributed by atoms with Crippen molar-refractivity contribution in [3.05, 3.63) is 29.8 Å². The van der Waals surface area contributed by atoms with Gasteiger partial charge in [0.25, 0.3) is 5.17 Å². The molecule has 1 aromatic carbocycles. The molecule has 3 heteroatoms. The number of para-hydroxylation sites is 1. The number of rotatable bonds is 4. The van der Waals surface area contributed by atoms with Gasteiger partial charge in [0.1, 0.15) is 24.4 Å². The van der Waals surface area contributed by atoms with Crippen LogP contribution in [0.15, 0.2) is 24.3 Å². The van der Waals surface area contributed by atoms with Crippen molar-refractivity contribution in [2.45, 2.75) is 13.8 Å². The minimum absolute atomic E-state index is 0.748. The molecule has 0 fully saturated rings. The van der Waals surface area contributed by atoms with Crippen molar-refractivity contribution in [3.8, 4) is 5.75 Å². The van der Waals surface area contributed by atoms with Crippen molar-refractivity contribution in [2.24, 2.45) is 0 Å². The Morgan fingerprint density at radius 1 is 1.27 bits per heavy atom. The molecule has 1 aromatic rings. The maximum atomic E-state index is 6.32. The minimum atomic E-state index is 0.748. The minimum Gasteiger partial charge on any atom is -0.496 e. The lowest BCUT2D eigenvalue weighted by atomic mass is 10.2. The highest BCUT2D eigenvalue weighted by molar-refractivity contribution is 6.68. The number of ether oxygens (including phenoxy) is 1. The summed E-state index contributed by atoms with van der Waals surface area (Å²) in [6, 6.07) is 7.79. The van der Waals surface area contributed by atoms with Crippen LogP contribution in [-0.2, 0) is 0 Å². The van der Waals surface area contributed by atoms with Crippen LogP contribution in [0.3, 0.4) is 0 Å². The van der Waals surface area contributed by atoms with Gasteiger partial charge in [0.2, 0.25) is 0 Å². The summed E-state index contributed by atoms with van der Waals surface area (Å²) in [7, 11) is 1.66. The molecular formula is C12H17ClNO+. The van der Waals surface area contributed by atoms with E-state index in [2.05, 4.69) is 18.4 Å². The molecule has 0 aliphatic heterocycles. The van der Waals surface area contributed by atoms with E-state index < -0.39 is 0 Å². The highest BCUT2D eigenvalue weighted by Crippen LogP contribution is 2.19. The maximum absolute atomic E-state index is 6.32. The van der Waals surface area contributed by atoms with Gasteiger partial charge in [-0.1, -0.05) is 12.1 Å². The van der Waals surface area contributed by atoms with Gasteiger partial charge < -0.3 is 4.74 Å². The zero-order valence-corrected chi connectivity index (χ0v) is 10.2. The summed E-state index contributed by atoms with van der Waals surface area (Å²) >= 11 is 6.32. The summed E-state index contributed by atoms with van der Waals surface area (Å²) in [6.07, 6.45) is 0. The van der Waals surface area contributed by atoms with Gasteiger partial charge in [0.15, 0.2) is 0 Å². The molecule has 0 N–H and O–H groups in total. The predicted octanol–water partition coefficient (Wildman–Crippen LogP) is 2.73. The fourth-order valence-electron chi connectivity index (χ4n) is 1.49. The summed E-state index contributed by atoms with van der Waals surface area (Å²) in [6.45, 7) is 5.96. The molecule has 0 amide bonds. The van der Waals surface area contributed by atoms with E-state index in [9.17, 15) is 0 Å². The van der Waals surface area contributed by atoms with E-state index in [1.165, 1.54) is 0 Å². The Labute approximate surface area is 96.1 Å². The van der Waals surface area contributed by atoms with Crippen molar-refractivity contribution in [1.82, 2.24) is 0 Å². The summed E-state index contributed by atoms with van der Waals surface area (Å²) in [5.41, 5.74) is 0.949. The predicted molar refractivity (Wildman–Crippen MR) is 64.3 cm³/mol. The fourth-order valence-corrected chi connectivity index (χ4v) is 1.88. The fraction of sp³-hybridized carbons (Fsp3) is 0.417. The van der Waals surface area contributed by atoms with E-state index in [1.54, 1.807) is 7.11 Å². The summed E-state index contributed by atoms with van der Waals surface area (Å²) in [5, 5.41) is 0.748. The SMILES string of the molecule is CC[N+](CC)=C(Cl)c1ccccc1OC. The van der Waals surface area contributed by atoms with Crippen molar-refractivity contribution < 1.29 is 9.31 Å². The molecule has 0 unspecified atom stereocenters. The average Bonchev–Trinajstić information content (AvgIpc) is 2.30. The molecule has 0 saturated heterocycles. The van der Waals surface area contributed by atoms with Crippen LogP contribution < -0.4 is 4.74 Å². The molecule has 0 bridgehead atoms. The Balaban J connectivity index is 3.20. The standard InChI is InChI=1S/C12H17ClNO/c1-4-14(5-2)12(13)10-8-6-7-9-11(10)15-3/h6-9H,4-5H2,1-3H3/q+1. The Morgan fingerprint density at radius 3 is 2.40 bits per heavy atom. The molecule has 0 aliphatic rings. The largest absolute Gasteiger partial charge is 0.496 e. The van der Waals surface area contributed by atoms with Gasteiger partial charge in [-0.2, -0.15) is 0 Å². The van der Waals surface area contributed by atoms with Crippen molar-refractivity contribution in [3.63, 3.8) is 0 Å². The topological polar surface area (TPSA) is 12.2 Å². The third-order valence-electron chi connectivity index (χ3n) is 2.37. The van der Waals surface area contributed by atoms with E-state index in [4.69, 9.17) is 16.3 Å². The van der Waals surface area contributed by atoms with Gasteiger partial charge in [-0.3, -0.25) is 0 Å². The van der Waals surface area contributed by atoms with Crippen LogP contribution in [0.25, 0.3) is 0 Å². The number of hydrogen-bond acceptors (Lipinski definition) is 1. The number of methoxy groups -OCH3 is 1. The van der Waals surface area contributed by atoms with Crippen LogP contribution in [-0.4, -0.2) is 29.9 Å². The number of benzene rings is 1. The Hall–Kier alpha value is -1.02.